The van der Waals surface area contributed by atoms with Crippen LogP contribution in [-0.2, 0) is 5.41 Å². The van der Waals surface area contributed by atoms with E-state index < -0.39 is 0 Å². The molecule has 1 aliphatic carbocycles. The zero-order valence-electron chi connectivity index (χ0n) is 12.5. The lowest BCUT2D eigenvalue weighted by Crippen LogP contribution is -2.28. The van der Waals surface area contributed by atoms with Gasteiger partial charge < -0.3 is 15.7 Å². The Bertz CT molecular complexity index is 475. The van der Waals surface area contributed by atoms with E-state index in [9.17, 15) is 5.11 Å². The summed E-state index contributed by atoms with van der Waals surface area (Å²) in [6, 6.07) is 0. The molecule has 0 unspecified atom stereocenters. The molecule has 19 heavy (non-hydrogen) atoms. The minimum absolute atomic E-state index is 0.105. The second-order valence-corrected chi connectivity index (χ2v) is 6.43. The summed E-state index contributed by atoms with van der Waals surface area (Å²) in [5, 5.41) is 16.0. The summed E-state index contributed by atoms with van der Waals surface area (Å²) in [7, 11) is 1.87. The van der Waals surface area contributed by atoms with Gasteiger partial charge in [0.25, 0.3) is 0 Å². The quantitative estimate of drug-likeness (QED) is 0.776. The van der Waals surface area contributed by atoms with E-state index in [-0.39, 0.29) is 17.6 Å². The van der Waals surface area contributed by atoms with Gasteiger partial charge in [0.2, 0.25) is 0 Å². The number of nitrogens with zero attached hydrogens (tertiary/aromatic N) is 2. The topological polar surface area (TPSA) is 70.1 Å². The largest absolute Gasteiger partial charge is 0.394 e. The molecule has 0 atom stereocenters. The van der Waals surface area contributed by atoms with Crippen molar-refractivity contribution in [1.29, 1.82) is 0 Å². The normalized spacial score (nSPS) is 17.2. The number of anilines is 2. The van der Waals surface area contributed by atoms with E-state index in [4.69, 9.17) is 0 Å². The van der Waals surface area contributed by atoms with E-state index in [2.05, 4.69) is 41.4 Å². The molecule has 5 heteroatoms. The van der Waals surface area contributed by atoms with Gasteiger partial charge in [-0.15, -0.1) is 0 Å². The smallest absolute Gasteiger partial charge is 0.138 e. The summed E-state index contributed by atoms with van der Waals surface area (Å²) in [6.07, 6.45) is 1.99. The van der Waals surface area contributed by atoms with E-state index in [1.165, 1.54) is 0 Å². The first-order valence-electron chi connectivity index (χ1n) is 6.77. The summed E-state index contributed by atoms with van der Waals surface area (Å²) in [5.41, 5.74) is 0.723. The maximum Gasteiger partial charge on any atom is 0.138 e. The van der Waals surface area contributed by atoms with Crippen molar-refractivity contribution in [3.63, 3.8) is 0 Å². The van der Waals surface area contributed by atoms with E-state index in [0.29, 0.717) is 0 Å². The van der Waals surface area contributed by atoms with Crippen LogP contribution in [-0.4, -0.2) is 34.3 Å². The molecule has 0 saturated heterocycles. The van der Waals surface area contributed by atoms with Crippen molar-refractivity contribution in [2.45, 2.75) is 51.5 Å². The van der Waals surface area contributed by atoms with E-state index in [1.54, 1.807) is 0 Å². The first-order chi connectivity index (χ1) is 8.81. The van der Waals surface area contributed by atoms with Crippen molar-refractivity contribution >= 4 is 11.6 Å². The molecule has 1 aromatic heterocycles. The molecule has 1 fully saturated rings. The van der Waals surface area contributed by atoms with Gasteiger partial charge in [-0.3, -0.25) is 0 Å². The molecule has 5 nitrogen and oxygen atoms in total. The summed E-state index contributed by atoms with van der Waals surface area (Å²) in [5.74, 6) is 2.48. The zero-order chi connectivity index (χ0) is 14.3. The Balaban J connectivity index is 2.41. The molecule has 1 aliphatic rings. The summed E-state index contributed by atoms with van der Waals surface area (Å²) in [6.45, 7) is 8.43. The average molecular weight is 264 g/mol. The van der Waals surface area contributed by atoms with Crippen LogP contribution in [0.1, 0.15) is 45.0 Å². The van der Waals surface area contributed by atoms with Crippen LogP contribution in [0.3, 0.4) is 0 Å². The van der Waals surface area contributed by atoms with Crippen LogP contribution in [0.2, 0.25) is 0 Å². The van der Waals surface area contributed by atoms with Crippen molar-refractivity contribution in [2.24, 2.45) is 0 Å². The molecule has 1 aromatic rings. The number of hydrogen-bond donors (Lipinski definition) is 3. The zero-order valence-corrected chi connectivity index (χ0v) is 12.5. The summed E-state index contributed by atoms with van der Waals surface area (Å²) < 4.78 is 0. The fourth-order valence-corrected chi connectivity index (χ4v) is 1.94. The Morgan fingerprint density at radius 2 is 1.79 bits per heavy atom. The summed E-state index contributed by atoms with van der Waals surface area (Å²) >= 11 is 0. The first-order valence-corrected chi connectivity index (χ1v) is 6.77. The van der Waals surface area contributed by atoms with Crippen molar-refractivity contribution in [2.75, 3.05) is 24.3 Å². The van der Waals surface area contributed by atoms with Crippen LogP contribution >= 0.6 is 0 Å². The van der Waals surface area contributed by atoms with Crippen LogP contribution in [0.15, 0.2) is 0 Å². The van der Waals surface area contributed by atoms with Crippen molar-refractivity contribution in [3.8, 4) is 0 Å². The fourth-order valence-electron chi connectivity index (χ4n) is 1.94. The van der Waals surface area contributed by atoms with E-state index >= 15 is 0 Å². The van der Waals surface area contributed by atoms with Crippen LogP contribution in [0.4, 0.5) is 11.6 Å². The maximum absolute atomic E-state index is 9.44. The number of hydrogen-bond acceptors (Lipinski definition) is 5. The molecular weight excluding hydrogens is 240 g/mol. The monoisotopic (exact) mass is 264 g/mol. The Kier molecular flexibility index (Phi) is 3.43. The molecular formula is C14H24N4O. The van der Waals surface area contributed by atoms with Gasteiger partial charge in [0.1, 0.15) is 17.5 Å². The van der Waals surface area contributed by atoms with Gasteiger partial charge in [-0.2, -0.15) is 0 Å². The van der Waals surface area contributed by atoms with Gasteiger partial charge in [0.05, 0.1) is 12.1 Å². The Hall–Kier alpha value is -1.36. The molecule has 0 aliphatic heterocycles. The Morgan fingerprint density at radius 1 is 1.21 bits per heavy atom. The maximum atomic E-state index is 9.44. The van der Waals surface area contributed by atoms with Gasteiger partial charge in [-0.05, 0) is 19.8 Å². The highest BCUT2D eigenvalue weighted by Crippen LogP contribution is 2.39. The van der Waals surface area contributed by atoms with Crippen molar-refractivity contribution < 1.29 is 5.11 Å². The number of aromatic nitrogens is 2. The molecule has 0 radical (unpaired) electrons. The third kappa shape index (κ3) is 2.81. The standard InChI is InChI=1S/C14H24N4O/c1-9-10(15-5)16-12(13(2,3)4)17-11(9)18-14(8-19)6-7-14/h19H,6-8H2,1-5H3,(H2,15,16,17,18). The fraction of sp³-hybridized carbons (Fsp3) is 0.714. The van der Waals surface area contributed by atoms with Gasteiger partial charge in [-0.25, -0.2) is 9.97 Å². The average Bonchev–Trinajstić information content (AvgIpc) is 3.11. The second kappa shape index (κ2) is 4.63. The number of rotatable bonds is 4. The molecule has 0 spiro atoms. The van der Waals surface area contributed by atoms with Crippen LogP contribution in [0.25, 0.3) is 0 Å². The van der Waals surface area contributed by atoms with Crippen molar-refractivity contribution in [1.82, 2.24) is 9.97 Å². The third-order valence-corrected chi connectivity index (χ3v) is 3.59. The minimum Gasteiger partial charge on any atom is -0.394 e. The van der Waals surface area contributed by atoms with Gasteiger partial charge >= 0.3 is 0 Å². The highest BCUT2D eigenvalue weighted by molar-refractivity contribution is 5.59. The van der Waals surface area contributed by atoms with Gasteiger partial charge in [0.15, 0.2) is 0 Å². The molecule has 0 aromatic carbocycles. The highest BCUT2D eigenvalue weighted by Gasteiger charge is 2.43. The van der Waals surface area contributed by atoms with Crippen LogP contribution in [0, 0.1) is 6.92 Å². The molecule has 2 rings (SSSR count). The Morgan fingerprint density at radius 3 is 2.21 bits per heavy atom. The van der Waals surface area contributed by atoms with E-state index in [1.807, 2.05) is 14.0 Å². The molecule has 3 N–H and O–H groups in total. The third-order valence-electron chi connectivity index (χ3n) is 3.59. The lowest BCUT2D eigenvalue weighted by atomic mass is 9.95. The number of nitrogens with one attached hydrogen (secondary N) is 2. The highest BCUT2D eigenvalue weighted by atomic mass is 16.3. The molecule has 0 bridgehead atoms. The van der Waals surface area contributed by atoms with E-state index in [0.717, 1.165) is 35.9 Å². The summed E-state index contributed by atoms with van der Waals surface area (Å²) in [4.78, 5) is 9.23. The Labute approximate surface area is 114 Å². The van der Waals surface area contributed by atoms with Crippen LogP contribution < -0.4 is 10.6 Å². The van der Waals surface area contributed by atoms with Gasteiger partial charge in [-0.1, -0.05) is 20.8 Å². The molecule has 106 valence electrons. The second-order valence-electron chi connectivity index (χ2n) is 6.43. The number of aliphatic hydroxyl groups excluding tert-OH is 1. The molecule has 1 heterocycles. The number of aliphatic hydroxyl groups is 1. The lowest BCUT2D eigenvalue weighted by molar-refractivity contribution is 0.266. The SMILES string of the molecule is CNc1nc(C(C)(C)C)nc(NC2(CO)CC2)c1C. The predicted molar refractivity (Wildman–Crippen MR) is 77.7 cm³/mol. The molecule has 0 amide bonds. The first kappa shape index (κ1) is 14.1. The predicted octanol–water partition coefficient (Wildman–Crippen LogP) is 2.06. The van der Waals surface area contributed by atoms with Gasteiger partial charge in [0, 0.05) is 18.0 Å². The van der Waals surface area contributed by atoms with Crippen LogP contribution in [0.5, 0.6) is 0 Å². The minimum atomic E-state index is -0.167. The lowest BCUT2D eigenvalue weighted by Gasteiger charge is -2.23. The van der Waals surface area contributed by atoms with Crippen molar-refractivity contribution in [3.05, 3.63) is 11.4 Å². The molecule has 1 saturated carbocycles.